The molecule has 6 heteroatoms. The molecule has 1 N–H and O–H groups in total. The molecule has 2 rings (SSSR count). The van der Waals surface area contributed by atoms with Crippen LogP contribution in [0.15, 0.2) is 24.3 Å². The van der Waals surface area contributed by atoms with E-state index in [1.165, 1.54) is 12.1 Å². The molecule has 0 saturated heterocycles. The van der Waals surface area contributed by atoms with Crippen LogP contribution in [0.3, 0.4) is 0 Å². The summed E-state index contributed by atoms with van der Waals surface area (Å²) in [7, 11) is 0. The Bertz CT molecular complexity index is 677. The molecular weight excluding hydrogens is 262 g/mol. The maximum Gasteiger partial charge on any atom is 0.269 e. The number of aromatic nitrogens is 2. The Labute approximate surface area is 115 Å². The van der Waals surface area contributed by atoms with Crippen molar-refractivity contribution < 1.29 is 4.92 Å². The lowest BCUT2D eigenvalue weighted by molar-refractivity contribution is -0.384. The molecule has 5 nitrogen and oxygen atoms in total. The van der Waals surface area contributed by atoms with Gasteiger partial charge in [0.15, 0.2) is 0 Å². The van der Waals surface area contributed by atoms with E-state index in [9.17, 15) is 10.1 Å². The van der Waals surface area contributed by atoms with Crippen LogP contribution in [0.25, 0.3) is 11.4 Å². The molecule has 0 aliphatic rings. The van der Waals surface area contributed by atoms with Gasteiger partial charge in [0.25, 0.3) is 5.69 Å². The summed E-state index contributed by atoms with van der Waals surface area (Å²) in [6.45, 7) is 3.97. The summed E-state index contributed by atoms with van der Waals surface area (Å²) in [6.07, 6.45) is 0.831. The van der Waals surface area contributed by atoms with Gasteiger partial charge in [0.2, 0.25) is 0 Å². The van der Waals surface area contributed by atoms with Crippen LogP contribution in [0, 0.1) is 21.7 Å². The summed E-state index contributed by atoms with van der Waals surface area (Å²) in [5, 5.41) is 10.6. The van der Waals surface area contributed by atoms with Gasteiger partial charge in [-0.2, -0.15) is 0 Å². The minimum Gasteiger partial charge on any atom is -0.343 e. The first-order chi connectivity index (χ1) is 9.02. The number of non-ortho nitro benzene ring substituents is 1. The van der Waals surface area contributed by atoms with Crippen molar-refractivity contribution in [1.82, 2.24) is 9.97 Å². The highest BCUT2D eigenvalue weighted by Crippen LogP contribution is 2.20. The number of aryl methyl sites for hydroxylation is 1. The molecule has 0 amide bonds. The Kier molecular flexibility index (Phi) is 3.71. The molecule has 0 atom stereocenters. The fourth-order valence-electron chi connectivity index (χ4n) is 1.81. The zero-order valence-electron chi connectivity index (χ0n) is 10.6. The molecule has 1 heterocycles. The Morgan fingerprint density at radius 1 is 1.37 bits per heavy atom. The summed E-state index contributed by atoms with van der Waals surface area (Å²) in [5.74, 6) is 0.641. The average Bonchev–Trinajstić information content (AvgIpc) is 2.41. The van der Waals surface area contributed by atoms with Crippen LogP contribution in [-0.4, -0.2) is 14.9 Å². The fraction of sp³-hybridized carbons (Fsp3) is 0.231. The second kappa shape index (κ2) is 5.27. The quantitative estimate of drug-likeness (QED) is 0.528. The van der Waals surface area contributed by atoms with Crippen LogP contribution in [0.2, 0.25) is 0 Å². The Balaban J connectivity index is 2.50. The van der Waals surface area contributed by atoms with E-state index >= 15 is 0 Å². The fourth-order valence-corrected chi connectivity index (χ4v) is 2.02. The lowest BCUT2D eigenvalue weighted by atomic mass is 10.1. The molecule has 1 aromatic carbocycles. The second-order valence-corrected chi connectivity index (χ2v) is 4.54. The molecule has 0 saturated carbocycles. The van der Waals surface area contributed by atoms with Crippen molar-refractivity contribution in [3.05, 3.63) is 50.3 Å². The molecule has 0 spiro atoms. The molecule has 98 valence electrons. The van der Waals surface area contributed by atoms with E-state index in [0.29, 0.717) is 10.5 Å². The van der Waals surface area contributed by atoms with Crippen molar-refractivity contribution in [1.29, 1.82) is 0 Å². The summed E-state index contributed by atoms with van der Waals surface area (Å²) in [4.78, 5) is 17.7. The minimum absolute atomic E-state index is 0.0603. The topological polar surface area (TPSA) is 71.8 Å². The molecule has 0 aliphatic heterocycles. The van der Waals surface area contributed by atoms with Gasteiger partial charge in [-0.25, -0.2) is 4.98 Å². The third-order valence-electron chi connectivity index (χ3n) is 2.96. The standard InChI is InChI=1S/C13H13N3O2S/c1-3-11-8(2)13(19)15-12(14-11)9-4-6-10(7-5-9)16(17)18/h4-7H,3H2,1-2H3,(H,14,15,19). The molecule has 0 fully saturated rings. The van der Waals surface area contributed by atoms with Crippen molar-refractivity contribution in [2.45, 2.75) is 20.3 Å². The number of benzene rings is 1. The average molecular weight is 275 g/mol. The van der Waals surface area contributed by atoms with E-state index in [4.69, 9.17) is 12.2 Å². The normalized spacial score (nSPS) is 10.4. The predicted molar refractivity (Wildman–Crippen MR) is 75.6 cm³/mol. The number of nitro groups is 1. The van der Waals surface area contributed by atoms with Gasteiger partial charge < -0.3 is 4.98 Å². The first-order valence-electron chi connectivity index (χ1n) is 5.87. The number of nitrogens with one attached hydrogen (secondary N) is 1. The van der Waals surface area contributed by atoms with Crippen LogP contribution in [-0.2, 0) is 6.42 Å². The summed E-state index contributed by atoms with van der Waals surface area (Å²) >= 11 is 5.22. The molecule has 0 unspecified atom stereocenters. The zero-order chi connectivity index (χ0) is 14.0. The monoisotopic (exact) mass is 275 g/mol. The van der Waals surface area contributed by atoms with E-state index in [-0.39, 0.29) is 5.69 Å². The maximum absolute atomic E-state index is 10.6. The molecule has 2 aromatic rings. The third kappa shape index (κ3) is 2.68. The van der Waals surface area contributed by atoms with E-state index in [2.05, 4.69) is 9.97 Å². The predicted octanol–water partition coefficient (Wildman–Crippen LogP) is 3.59. The van der Waals surface area contributed by atoms with E-state index in [1.54, 1.807) is 12.1 Å². The van der Waals surface area contributed by atoms with Crippen molar-refractivity contribution in [3.63, 3.8) is 0 Å². The molecule has 0 bridgehead atoms. The maximum atomic E-state index is 10.6. The van der Waals surface area contributed by atoms with E-state index < -0.39 is 4.92 Å². The molecule has 0 radical (unpaired) electrons. The summed E-state index contributed by atoms with van der Waals surface area (Å²) < 4.78 is 0.559. The molecule has 19 heavy (non-hydrogen) atoms. The van der Waals surface area contributed by atoms with E-state index in [1.807, 2.05) is 13.8 Å². The minimum atomic E-state index is -0.425. The van der Waals surface area contributed by atoms with Crippen LogP contribution in [0.5, 0.6) is 0 Å². The first kappa shape index (κ1) is 13.4. The number of hydrogen-bond acceptors (Lipinski definition) is 4. The van der Waals surface area contributed by atoms with Crippen LogP contribution >= 0.6 is 12.2 Å². The summed E-state index contributed by atoms with van der Waals surface area (Å²) in [6, 6.07) is 6.25. The zero-order valence-corrected chi connectivity index (χ0v) is 11.5. The third-order valence-corrected chi connectivity index (χ3v) is 3.36. The Morgan fingerprint density at radius 3 is 2.53 bits per heavy atom. The van der Waals surface area contributed by atoms with Gasteiger partial charge in [-0.05, 0) is 25.5 Å². The van der Waals surface area contributed by atoms with Crippen molar-refractivity contribution >= 4 is 17.9 Å². The van der Waals surface area contributed by atoms with Gasteiger partial charge in [0, 0.05) is 29.0 Å². The van der Waals surface area contributed by atoms with Crippen molar-refractivity contribution in [2.75, 3.05) is 0 Å². The van der Waals surface area contributed by atoms with Gasteiger partial charge in [-0.3, -0.25) is 10.1 Å². The molecular formula is C13H13N3O2S. The number of hydrogen-bond donors (Lipinski definition) is 1. The highest BCUT2D eigenvalue weighted by molar-refractivity contribution is 7.71. The Hall–Kier alpha value is -2.08. The van der Waals surface area contributed by atoms with Gasteiger partial charge >= 0.3 is 0 Å². The van der Waals surface area contributed by atoms with Crippen LogP contribution in [0.4, 0.5) is 5.69 Å². The lowest BCUT2D eigenvalue weighted by Crippen LogP contribution is -1.99. The van der Waals surface area contributed by atoms with Gasteiger partial charge in [0.05, 0.1) is 4.92 Å². The summed E-state index contributed by atoms with van der Waals surface area (Å²) in [5.41, 5.74) is 2.85. The highest BCUT2D eigenvalue weighted by Gasteiger charge is 2.08. The highest BCUT2D eigenvalue weighted by atomic mass is 32.1. The number of nitrogens with zero attached hydrogens (tertiary/aromatic N) is 2. The number of rotatable bonds is 3. The van der Waals surface area contributed by atoms with Crippen LogP contribution < -0.4 is 0 Å². The number of H-pyrrole nitrogens is 1. The van der Waals surface area contributed by atoms with Crippen molar-refractivity contribution in [3.8, 4) is 11.4 Å². The van der Waals surface area contributed by atoms with Gasteiger partial charge in [0.1, 0.15) is 10.5 Å². The number of nitro benzene ring substituents is 1. The lowest BCUT2D eigenvalue weighted by Gasteiger charge is -2.07. The first-order valence-corrected chi connectivity index (χ1v) is 6.28. The van der Waals surface area contributed by atoms with Crippen LogP contribution in [0.1, 0.15) is 18.2 Å². The molecule has 1 aromatic heterocycles. The molecule has 0 aliphatic carbocycles. The smallest absolute Gasteiger partial charge is 0.269 e. The second-order valence-electron chi connectivity index (χ2n) is 4.15. The van der Waals surface area contributed by atoms with Crippen molar-refractivity contribution in [2.24, 2.45) is 0 Å². The largest absolute Gasteiger partial charge is 0.343 e. The SMILES string of the molecule is CCc1[nH]c(-c2ccc([N+](=O)[O-])cc2)nc(=S)c1C. The number of aromatic amines is 1. The van der Waals surface area contributed by atoms with Gasteiger partial charge in [-0.1, -0.05) is 19.1 Å². The Morgan fingerprint density at radius 2 is 2.00 bits per heavy atom. The van der Waals surface area contributed by atoms with E-state index in [0.717, 1.165) is 23.2 Å². The van der Waals surface area contributed by atoms with Gasteiger partial charge in [-0.15, -0.1) is 0 Å².